The molecule has 0 aliphatic heterocycles. The van der Waals surface area contributed by atoms with Crippen LogP contribution >= 0.6 is 12.4 Å². The lowest BCUT2D eigenvalue weighted by Crippen LogP contribution is -2.18. The molecule has 0 heterocycles. The fourth-order valence-corrected chi connectivity index (χ4v) is 1.69. The van der Waals surface area contributed by atoms with Gasteiger partial charge in [0.1, 0.15) is 5.75 Å². The first-order chi connectivity index (χ1) is 7.67. The predicted octanol–water partition coefficient (Wildman–Crippen LogP) is 2.54. The van der Waals surface area contributed by atoms with Crippen LogP contribution in [0.4, 0.5) is 0 Å². The molecule has 2 N–H and O–H groups in total. The smallest absolute Gasteiger partial charge is 0.122 e. The maximum atomic E-state index is 5.83. The van der Waals surface area contributed by atoms with Crippen molar-refractivity contribution in [1.29, 1.82) is 0 Å². The molecule has 0 aromatic heterocycles. The standard InChI is InChI=1S/C13H21NO2.ClH/c1-4-16-13-6-5-11(9-15-3)8-12(13)7-10(2)14;/h5-6,8,10H,4,7,9,14H2,1-3H3;1H. The van der Waals surface area contributed by atoms with Crippen molar-refractivity contribution in [3.63, 3.8) is 0 Å². The summed E-state index contributed by atoms with van der Waals surface area (Å²) < 4.78 is 10.7. The molecule has 0 bridgehead atoms. The molecule has 1 atom stereocenters. The fraction of sp³-hybridized carbons (Fsp3) is 0.538. The first-order valence-corrected chi connectivity index (χ1v) is 5.66. The third-order valence-corrected chi connectivity index (χ3v) is 2.28. The largest absolute Gasteiger partial charge is 0.494 e. The summed E-state index contributed by atoms with van der Waals surface area (Å²) in [7, 11) is 1.70. The van der Waals surface area contributed by atoms with E-state index in [0.29, 0.717) is 13.2 Å². The Bertz CT molecular complexity index is 329. The fourth-order valence-electron chi connectivity index (χ4n) is 1.69. The first kappa shape index (κ1) is 16.2. The van der Waals surface area contributed by atoms with Gasteiger partial charge in [-0.2, -0.15) is 0 Å². The Labute approximate surface area is 110 Å². The van der Waals surface area contributed by atoms with E-state index in [2.05, 4.69) is 6.07 Å². The molecule has 0 aliphatic rings. The van der Waals surface area contributed by atoms with Crippen LogP contribution in [0.25, 0.3) is 0 Å². The van der Waals surface area contributed by atoms with Crippen molar-refractivity contribution in [2.45, 2.75) is 32.9 Å². The normalized spacial score (nSPS) is 11.8. The highest BCUT2D eigenvalue weighted by Crippen LogP contribution is 2.22. The Hall–Kier alpha value is -0.770. The van der Waals surface area contributed by atoms with Gasteiger partial charge in [-0.15, -0.1) is 12.4 Å². The second-order valence-corrected chi connectivity index (χ2v) is 3.99. The van der Waals surface area contributed by atoms with Gasteiger partial charge in [-0.3, -0.25) is 0 Å². The number of nitrogens with two attached hydrogens (primary N) is 1. The number of methoxy groups -OCH3 is 1. The van der Waals surface area contributed by atoms with E-state index >= 15 is 0 Å². The minimum Gasteiger partial charge on any atom is -0.494 e. The lowest BCUT2D eigenvalue weighted by atomic mass is 10.0. The van der Waals surface area contributed by atoms with Crippen LogP contribution in [0.2, 0.25) is 0 Å². The maximum absolute atomic E-state index is 5.83. The minimum absolute atomic E-state index is 0. The van der Waals surface area contributed by atoms with Gasteiger partial charge in [0.15, 0.2) is 0 Å². The molecule has 0 aliphatic carbocycles. The van der Waals surface area contributed by atoms with Crippen LogP contribution in [0.5, 0.6) is 5.75 Å². The molecule has 0 amide bonds. The van der Waals surface area contributed by atoms with E-state index in [4.69, 9.17) is 15.2 Å². The molecule has 0 saturated heterocycles. The summed E-state index contributed by atoms with van der Waals surface area (Å²) in [4.78, 5) is 0. The average Bonchev–Trinajstić information content (AvgIpc) is 2.22. The molecule has 0 saturated carbocycles. The maximum Gasteiger partial charge on any atom is 0.122 e. The molecule has 98 valence electrons. The molecule has 17 heavy (non-hydrogen) atoms. The van der Waals surface area contributed by atoms with Crippen LogP contribution in [0.15, 0.2) is 18.2 Å². The van der Waals surface area contributed by atoms with E-state index < -0.39 is 0 Å². The minimum atomic E-state index is 0. The summed E-state index contributed by atoms with van der Waals surface area (Å²) in [5, 5.41) is 0. The van der Waals surface area contributed by atoms with E-state index in [9.17, 15) is 0 Å². The topological polar surface area (TPSA) is 44.5 Å². The highest BCUT2D eigenvalue weighted by Gasteiger charge is 2.07. The third-order valence-electron chi connectivity index (χ3n) is 2.28. The highest BCUT2D eigenvalue weighted by atomic mass is 35.5. The molecule has 1 aromatic rings. The monoisotopic (exact) mass is 259 g/mol. The zero-order valence-electron chi connectivity index (χ0n) is 10.7. The van der Waals surface area contributed by atoms with Gasteiger partial charge in [0, 0.05) is 13.2 Å². The van der Waals surface area contributed by atoms with Crippen LogP contribution in [0.1, 0.15) is 25.0 Å². The van der Waals surface area contributed by atoms with Gasteiger partial charge in [-0.25, -0.2) is 0 Å². The number of ether oxygens (including phenoxy) is 2. The van der Waals surface area contributed by atoms with Gasteiger partial charge < -0.3 is 15.2 Å². The Morgan fingerprint density at radius 2 is 2.06 bits per heavy atom. The van der Waals surface area contributed by atoms with Gasteiger partial charge in [-0.05, 0) is 43.5 Å². The Morgan fingerprint density at radius 3 is 2.59 bits per heavy atom. The molecule has 4 heteroatoms. The molecular formula is C13H22ClNO2. The van der Waals surface area contributed by atoms with Crippen molar-refractivity contribution in [3.05, 3.63) is 29.3 Å². The Balaban J connectivity index is 0.00000256. The van der Waals surface area contributed by atoms with Gasteiger partial charge in [-0.1, -0.05) is 6.07 Å². The van der Waals surface area contributed by atoms with E-state index in [1.807, 2.05) is 26.0 Å². The quantitative estimate of drug-likeness (QED) is 0.854. The van der Waals surface area contributed by atoms with Crippen molar-refractivity contribution in [2.75, 3.05) is 13.7 Å². The number of benzene rings is 1. The zero-order chi connectivity index (χ0) is 12.0. The van der Waals surface area contributed by atoms with Crippen molar-refractivity contribution < 1.29 is 9.47 Å². The van der Waals surface area contributed by atoms with Crippen molar-refractivity contribution in [2.24, 2.45) is 5.73 Å². The van der Waals surface area contributed by atoms with Crippen LogP contribution < -0.4 is 10.5 Å². The Kier molecular flexibility index (Phi) is 7.96. The molecule has 1 unspecified atom stereocenters. The van der Waals surface area contributed by atoms with Gasteiger partial charge >= 0.3 is 0 Å². The third kappa shape index (κ3) is 5.39. The van der Waals surface area contributed by atoms with E-state index in [-0.39, 0.29) is 18.4 Å². The van der Waals surface area contributed by atoms with Gasteiger partial charge in [0.2, 0.25) is 0 Å². The molecule has 0 spiro atoms. The van der Waals surface area contributed by atoms with E-state index in [1.54, 1.807) is 7.11 Å². The SMILES string of the molecule is CCOc1ccc(COC)cc1CC(C)N.Cl. The van der Waals surface area contributed by atoms with Crippen LogP contribution in [0, 0.1) is 0 Å². The Morgan fingerprint density at radius 1 is 1.35 bits per heavy atom. The average molecular weight is 260 g/mol. The molecular weight excluding hydrogens is 238 g/mol. The second kappa shape index (κ2) is 8.34. The lowest BCUT2D eigenvalue weighted by Gasteiger charge is -2.13. The number of hydrogen-bond acceptors (Lipinski definition) is 3. The van der Waals surface area contributed by atoms with Gasteiger partial charge in [0.25, 0.3) is 0 Å². The summed E-state index contributed by atoms with van der Waals surface area (Å²) in [5.41, 5.74) is 8.14. The van der Waals surface area contributed by atoms with Crippen LogP contribution in [-0.2, 0) is 17.8 Å². The van der Waals surface area contributed by atoms with Crippen molar-refractivity contribution in [3.8, 4) is 5.75 Å². The van der Waals surface area contributed by atoms with E-state index in [1.165, 1.54) is 0 Å². The first-order valence-electron chi connectivity index (χ1n) is 5.66. The predicted molar refractivity (Wildman–Crippen MR) is 72.9 cm³/mol. The second-order valence-electron chi connectivity index (χ2n) is 3.99. The number of hydrogen-bond donors (Lipinski definition) is 1. The molecule has 0 fully saturated rings. The highest BCUT2D eigenvalue weighted by molar-refractivity contribution is 5.85. The summed E-state index contributed by atoms with van der Waals surface area (Å²) in [6.45, 7) is 5.28. The zero-order valence-corrected chi connectivity index (χ0v) is 11.5. The molecule has 1 rings (SSSR count). The number of rotatable bonds is 6. The molecule has 3 nitrogen and oxygen atoms in total. The molecule has 1 aromatic carbocycles. The van der Waals surface area contributed by atoms with E-state index in [0.717, 1.165) is 23.3 Å². The van der Waals surface area contributed by atoms with Crippen molar-refractivity contribution >= 4 is 12.4 Å². The number of halogens is 1. The lowest BCUT2D eigenvalue weighted by molar-refractivity contribution is 0.184. The summed E-state index contributed by atoms with van der Waals surface area (Å²) in [6, 6.07) is 6.27. The summed E-state index contributed by atoms with van der Waals surface area (Å²) in [6.07, 6.45) is 0.826. The van der Waals surface area contributed by atoms with Crippen LogP contribution in [-0.4, -0.2) is 19.8 Å². The summed E-state index contributed by atoms with van der Waals surface area (Å²) in [5.74, 6) is 0.930. The van der Waals surface area contributed by atoms with Crippen molar-refractivity contribution in [1.82, 2.24) is 0 Å². The summed E-state index contributed by atoms with van der Waals surface area (Å²) >= 11 is 0. The van der Waals surface area contributed by atoms with Crippen LogP contribution in [0.3, 0.4) is 0 Å². The molecule has 0 radical (unpaired) electrons. The van der Waals surface area contributed by atoms with Gasteiger partial charge in [0.05, 0.1) is 13.2 Å².